The lowest BCUT2D eigenvalue weighted by atomic mass is 9.86. The summed E-state index contributed by atoms with van der Waals surface area (Å²) in [6, 6.07) is -0.428. The van der Waals surface area contributed by atoms with E-state index in [0.717, 1.165) is 0 Å². The maximum absolute atomic E-state index is 12.6. The molecule has 0 aliphatic carbocycles. The Morgan fingerprint density at radius 2 is 1.48 bits per heavy atom. The Hall–Kier alpha value is -1.35. The summed E-state index contributed by atoms with van der Waals surface area (Å²) in [4.78, 5) is 37.9. The minimum Gasteiger partial charge on any atom is -0.459 e. The largest absolute Gasteiger partial charge is 0.459 e. The fraction of sp³-hybridized carbons (Fsp3) is 0.850. The number of carbonyl (C=O) groups is 3. The average Bonchev–Trinajstić information content (AvgIpc) is 2.47. The fourth-order valence-corrected chi connectivity index (χ4v) is 3.12. The SMILES string of the molecule is CC(C)(C)OC(=O)CNC1CN(C(=O)OC(C)(C)C)C1CC(C)(C)OC(=O)CBr. The number of halogens is 1. The Balaban J connectivity index is 2.81. The van der Waals surface area contributed by atoms with Gasteiger partial charge in [-0.3, -0.25) is 9.59 Å². The number of esters is 2. The van der Waals surface area contributed by atoms with E-state index in [9.17, 15) is 14.4 Å². The molecule has 0 aromatic rings. The molecule has 0 spiro atoms. The molecular formula is C20H35BrN2O6. The minimum atomic E-state index is -0.790. The lowest BCUT2D eigenvalue weighted by Crippen LogP contribution is -2.69. The third kappa shape index (κ3) is 9.33. The van der Waals surface area contributed by atoms with Crippen molar-refractivity contribution >= 4 is 34.0 Å². The number of carbonyl (C=O) groups excluding carboxylic acids is 3. The van der Waals surface area contributed by atoms with Crippen LogP contribution in [0.1, 0.15) is 61.8 Å². The zero-order chi connectivity index (χ0) is 22.6. The quantitative estimate of drug-likeness (QED) is 0.341. The van der Waals surface area contributed by atoms with E-state index in [0.29, 0.717) is 13.0 Å². The summed E-state index contributed by atoms with van der Waals surface area (Å²) in [5.74, 6) is -0.742. The number of nitrogens with zero attached hydrogens (tertiary/aromatic N) is 1. The molecule has 0 saturated carbocycles. The highest BCUT2D eigenvalue weighted by Crippen LogP contribution is 2.30. The van der Waals surface area contributed by atoms with Gasteiger partial charge in [0, 0.05) is 19.0 Å². The number of amides is 1. The third-order valence-electron chi connectivity index (χ3n) is 4.01. The van der Waals surface area contributed by atoms with E-state index < -0.39 is 22.9 Å². The summed E-state index contributed by atoms with van der Waals surface area (Å²) in [7, 11) is 0. The van der Waals surface area contributed by atoms with E-state index in [1.165, 1.54) is 0 Å². The van der Waals surface area contributed by atoms with Gasteiger partial charge in [0.05, 0.1) is 12.6 Å². The Morgan fingerprint density at radius 1 is 0.931 bits per heavy atom. The van der Waals surface area contributed by atoms with Gasteiger partial charge in [0.15, 0.2) is 0 Å². The van der Waals surface area contributed by atoms with Crippen molar-refractivity contribution in [1.29, 1.82) is 0 Å². The molecule has 29 heavy (non-hydrogen) atoms. The van der Waals surface area contributed by atoms with Crippen molar-refractivity contribution in [1.82, 2.24) is 10.2 Å². The second kappa shape index (κ2) is 9.64. The van der Waals surface area contributed by atoms with Crippen LogP contribution in [-0.2, 0) is 23.8 Å². The number of nitrogens with one attached hydrogen (secondary N) is 1. The Morgan fingerprint density at radius 3 is 1.97 bits per heavy atom. The first-order valence-electron chi connectivity index (χ1n) is 9.76. The normalized spacial score (nSPS) is 20.0. The van der Waals surface area contributed by atoms with Crippen LogP contribution in [0.25, 0.3) is 0 Å². The van der Waals surface area contributed by atoms with Crippen LogP contribution < -0.4 is 5.32 Å². The van der Waals surface area contributed by atoms with Gasteiger partial charge >= 0.3 is 18.0 Å². The molecular weight excluding hydrogens is 444 g/mol. The van der Waals surface area contributed by atoms with Gasteiger partial charge in [-0.25, -0.2) is 4.79 Å². The lowest BCUT2D eigenvalue weighted by molar-refractivity contribution is -0.156. The van der Waals surface area contributed by atoms with Crippen molar-refractivity contribution in [2.75, 3.05) is 18.4 Å². The number of hydrogen-bond acceptors (Lipinski definition) is 7. The molecule has 9 heteroatoms. The van der Waals surface area contributed by atoms with Gasteiger partial charge in [0.25, 0.3) is 0 Å². The van der Waals surface area contributed by atoms with E-state index >= 15 is 0 Å². The zero-order valence-electron chi connectivity index (χ0n) is 18.8. The van der Waals surface area contributed by atoms with Crippen molar-refractivity contribution in [3.63, 3.8) is 0 Å². The third-order valence-corrected chi connectivity index (χ3v) is 4.47. The summed E-state index contributed by atoms with van der Waals surface area (Å²) >= 11 is 3.09. The molecule has 1 aliphatic rings. The maximum Gasteiger partial charge on any atom is 0.410 e. The smallest absolute Gasteiger partial charge is 0.410 e. The Kier molecular flexibility index (Phi) is 8.54. The van der Waals surface area contributed by atoms with E-state index in [1.807, 2.05) is 20.8 Å². The number of likely N-dealkylation sites (tertiary alicyclic amines) is 1. The van der Waals surface area contributed by atoms with Crippen molar-refractivity contribution in [3.8, 4) is 0 Å². The summed E-state index contributed by atoms with van der Waals surface area (Å²) in [6.45, 7) is 14.9. The van der Waals surface area contributed by atoms with Crippen LogP contribution in [0, 0.1) is 0 Å². The van der Waals surface area contributed by atoms with Gasteiger partial charge in [-0.2, -0.15) is 0 Å². The molecule has 1 rings (SSSR count). The molecule has 0 bridgehead atoms. The lowest BCUT2D eigenvalue weighted by Gasteiger charge is -2.50. The zero-order valence-corrected chi connectivity index (χ0v) is 20.3. The molecule has 1 amide bonds. The molecule has 1 aliphatic heterocycles. The molecule has 1 heterocycles. The monoisotopic (exact) mass is 478 g/mol. The van der Waals surface area contributed by atoms with Gasteiger partial charge in [-0.05, 0) is 55.4 Å². The first-order valence-corrected chi connectivity index (χ1v) is 10.9. The summed E-state index contributed by atoms with van der Waals surface area (Å²) in [6.07, 6.45) is -0.0304. The molecule has 0 aromatic heterocycles. The number of hydrogen-bond donors (Lipinski definition) is 1. The van der Waals surface area contributed by atoms with E-state index in [1.54, 1.807) is 39.5 Å². The van der Waals surface area contributed by atoms with Gasteiger partial charge in [-0.1, -0.05) is 15.9 Å². The van der Waals surface area contributed by atoms with Crippen molar-refractivity contribution in [3.05, 3.63) is 0 Å². The van der Waals surface area contributed by atoms with Gasteiger partial charge in [0.1, 0.15) is 22.1 Å². The van der Waals surface area contributed by atoms with Crippen LogP contribution >= 0.6 is 15.9 Å². The number of ether oxygens (including phenoxy) is 3. The van der Waals surface area contributed by atoms with Crippen LogP contribution in [0.5, 0.6) is 0 Å². The van der Waals surface area contributed by atoms with Crippen LogP contribution in [0.15, 0.2) is 0 Å². The molecule has 1 fully saturated rings. The molecule has 168 valence electrons. The van der Waals surface area contributed by atoms with Gasteiger partial charge in [0.2, 0.25) is 0 Å². The number of rotatable bonds is 7. The van der Waals surface area contributed by atoms with Crippen LogP contribution in [0.4, 0.5) is 4.79 Å². The van der Waals surface area contributed by atoms with Crippen molar-refractivity contribution < 1.29 is 28.6 Å². The standard InChI is InChI=1S/C20H35BrN2O6/c1-18(2,3)27-16(25)11-22-13-12-23(17(26)29-19(4,5)6)14(13)9-20(7,8)28-15(24)10-21/h13-14,22H,9-12H2,1-8H3. The van der Waals surface area contributed by atoms with Crippen LogP contribution in [-0.4, -0.2) is 70.2 Å². The molecule has 1 saturated heterocycles. The summed E-state index contributed by atoms with van der Waals surface area (Å²) in [5.41, 5.74) is -1.97. The Bertz CT molecular complexity index is 607. The second-order valence-electron chi connectivity index (χ2n) is 9.85. The molecule has 0 aromatic carbocycles. The molecule has 2 unspecified atom stereocenters. The highest BCUT2D eigenvalue weighted by molar-refractivity contribution is 9.09. The fourth-order valence-electron chi connectivity index (χ4n) is 3.00. The van der Waals surface area contributed by atoms with Gasteiger partial charge < -0.3 is 24.4 Å². The first-order chi connectivity index (χ1) is 13.0. The van der Waals surface area contributed by atoms with E-state index in [-0.39, 0.29) is 35.9 Å². The van der Waals surface area contributed by atoms with Crippen LogP contribution in [0.2, 0.25) is 0 Å². The highest BCUT2D eigenvalue weighted by Gasteiger charge is 2.46. The minimum absolute atomic E-state index is 0.0300. The predicted octanol–water partition coefficient (Wildman–Crippen LogP) is 3.01. The topological polar surface area (TPSA) is 94.2 Å². The van der Waals surface area contributed by atoms with E-state index in [4.69, 9.17) is 14.2 Å². The first kappa shape index (κ1) is 25.7. The molecule has 0 radical (unpaired) electrons. The van der Waals surface area contributed by atoms with Crippen LogP contribution in [0.3, 0.4) is 0 Å². The van der Waals surface area contributed by atoms with Gasteiger partial charge in [-0.15, -0.1) is 0 Å². The average molecular weight is 479 g/mol. The van der Waals surface area contributed by atoms with Crippen molar-refractivity contribution in [2.45, 2.75) is 90.7 Å². The predicted molar refractivity (Wildman–Crippen MR) is 113 cm³/mol. The summed E-state index contributed by atoms with van der Waals surface area (Å²) in [5, 5.41) is 3.25. The summed E-state index contributed by atoms with van der Waals surface area (Å²) < 4.78 is 16.3. The number of alkyl halides is 1. The maximum atomic E-state index is 12.6. The highest BCUT2D eigenvalue weighted by atomic mass is 79.9. The second-order valence-corrected chi connectivity index (χ2v) is 10.4. The van der Waals surface area contributed by atoms with Crippen molar-refractivity contribution in [2.24, 2.45) is 0 Å². The molecule has 8 nitrogen and oxygen atoms in total. The van der Waals surface area contributed by atoms with E-state index in [2.05, 4.69) is 21.2 Å². The molecule has 2 atom stereocenters. The molecule has 1 N–H and O–H groups in total. The Labute approximate surface area is 182 Å².